The minimum atomic E-state index is -0.100. The van der Waals surface area contributed by atoms with E-state index >= 15 is 0 Å². The van der Waals surface area contributed by atoms with Gasteiger partial charge in [-0.1, -0.05) is 15.9 Å². The maximum atomic E-state index is 10.2. The Kier molecular flexibility index (Phi) is 3.69. The van der Waals surface area contributed by atoms with Crippen LogP contribution in [0.2, 0.25) is 0 Å². The molecule has 0 heterocycles. The van der Waals surface area contributed by atoms with E-state index in [9.17, 15) is 4.79 Å². The number of rotatable bonds is 1. The second-order valence-electron chi connectivity index (χ2n) is 0.907. The van der Waals surface area contributed by atoms with Gasteiger partial charge in [-0.05, 0) is 4.99 Å². The molecule has 0 unspecified atom stereocenters. The van der Waals surface area contributed by atoms with Gasteiger partial charge in [0.15, 0.2) is 0 Å². The third-order valence-electron chi connectivity index (χ3n) is 0.461. The number of nitrogens with one attached hydrogen (secondary N) is 1. The quantitative estimate of drug-likeness (QED) is 0.566. The van der Waals surface area contributed by atoms with Crippen molar-refractivity contribution in [2.24, 2.45) is 0 Å². The van der Waals surface area contributed by atoms with Crippen molar-refractivity contribution in [3.8, 4) is 0 Å². The summed E-state index contributed by atoms with van der Waals surface area (Å²) in [6.45, 7) is 0. The first-order chi connectivity index (χ1) is 3.31. The van der Waals surface area contributed by atoms with Gasteiger partial charge in [-0.3, -0.25) is 4.79 Å². The Labute approximate surface area is 50.7 Å². The zero-order valence-corrected chi connectivity index (χ0v) is 5.53. The largest absolute Gasteiger partial charge is 0.356 e. The van der Waals surface area contributed by atoms with E-state index in [1.54, 1.807) is 7.05 Å². The Morgan fingerprint density at radius 1 is 1.86 bits per heavy atom. The molecule has 2 nitrogen and oxygen atoms in total. The van der Waals surface area contributed by atoms with Crippen LogP contribution in [0, 0.1) is 0 Å². The second kappa shape index (κ2) is 3.87. The summed E-state index contributed by atoms with van der Waals surface area (Å²) >= 11 is 2.95. The number of hydrogen-bond donors (Lipinski definition) is 1. The third-order valence-corrected chi connectivity index (χ3v) is 0.725. The SMILES string of the molecule is CNC(=O)/C=C/Br. The Hall–Kier alpha value is -0.310. The summed E-state index contributed by atoms with van der Waals surface area (Å²) in [6.07, 6.45) is 1.39. The van der Waals surface area contributed by atoms with Crippen molar-refractivity contribution in [3.63, 3.8) is 0 Å². The Balaban J connectivity index is 3.37. The zero-order chi connectivity index (χ0) is 5.70. The molecule has 0 aliphatic rings. The summed E-state index contributed by atoms with van der Waals surface area (Å²) in [7, 11) is 1.58. The molecule has 0 atom stereocenters. The van der Waals surface area contributed by atoms with Crippen LogP contribution in [0.3, 0.4) is 0 Å². The Morgan fingerprint density at radius 3 is 2.57 bits per heavy atom. The lowest BCUT2D eigenvalue weighted by Gasteiger charge is -1.83. The van der Waals surface area contributed by atoms with Gasteiger partial charge in [0, 0.05) is 13.1 Å². The molecular weight excluding hydrogens is 158 g/mol. The van der Waals surface area contributed by atoms with Crippen LogP contribution in [0.15, 0.2) is 11.1 Å². The molecule has 0 rings (SSSR count). The predicted molar refractivity (Wildman–Crippen MR) is 32.1 cm³/mol. The van der Waals surface area contributed by atoms with Crippen molar-refractivity contribution in [1.82, 2.24) is 5.32 Å². The smallest absolute Gasteiger partial charge is 0.244 e. The summed E-state index contributed by atoms with van der Waals surface area (Å²) in [4.78, 5) is 11.7. The highest BCUT2D eigenvalue weighted by molar-refractivity contribution is 9.11. The van der Waals surface area contributed by atoms with E-state index in [2.05, 4.69) is 21.2 Å². The first kappa shape index (κ1) is 6.69. The summed E-state index contributed by atoms with van der Waals surface area (Å²) in [5.41, 5.74) is 0. The fourth-order valence-corrected chi connectivity index (χ4v) is 0.381. The molecule has 0 bridgehead atoms. The van der Waals surface area contributed by atoms with Gasteiger partial charge in [0.05, 0.1) is 0 Å². The van der Waals surface area contributed by atoms with E-state index in [-0.39, 0.29) is 5.91 Å². The van der Waals surface area contributed by atoms with Gasteiger partial charge in [0.2, 0.25) is 5.91 Å². The molecule has 3 heteroatoms. The van der Waals surface area contributed by atoms with Crippen LogP contribution in [-0.4, -0.2) is 13.0 Å². The second-order valence-corrected chi connectivity index (χ2v) is 1.44. The van der Waals surface area contributed by atoms with Gasteiger partial charge in [0.25, 0.3) is 0 Å². The molecule has 7 heavy (non-hydrogen) atoms. The molecule has 1 amide bonds. The van der Waals surface area contributed by atoms with Crippen molar-refractivity contribution in [1.29, 1.82) is 0 Å². The highest BCUT2D eigenvalue weighted by atomic mass is 79.9. The van der Waals surface area contributed by atoms with Gasteiger partial charge in [0.1, 0.15) is 0 Å². The van der Waals surface area contributed by atoms with Crippen LogP contribution in [0.4, 0.5) is 0 Å². The van der Waals surface area contributed by atoms with Crippen molar-refractivity contribution < 1.29 is 4.79 Å². The van der Waals surface area contributed by atoms with E-state index in [1.165, 1.54) is 11.1 Å². The molecule has 0 aromatic carbocycles. The molecule has 40 valence electrons. The van der Waals surface area contributed by atoms with Crippen molar-refractivity contribution in [2.75, 3.05) is 7.05 Å². The third kappa shape index (κ3) is 3.52. The van der Waals surface area contributed by atoms with Crippen LogP contribution in [0.1, 0.15) is 0 Å². The number of carbonyl (C=O) groups is 1. The number of amides is 1. The lowest BCUT2D eigenvalue weighted by atomic mass is 10.6. The molecular formula is C4H6BrNO. The maximum absolute atomic E-state index is 10.2. The van der Waals surface area contributed by atoms with E-state index < -0.39 is 0 Å². The molecule has 0 radical (unpaired) electrons. The average molecular weight is 164 g/mol. The Bertz CT molecular complexity index is 89.7. The van der Waals surface area contributed by atoms with E-state index in [1.807, 2.05) is 0 Å². The van der Waals surface area contributed by atoms with E-state index in [4.69, 9.17) is 0 Å². The van der Waals surface area contributed by atoms with Crippen LogP contribution in [-0.2, 0) is 4.79 Å². The number of likely N-dealkylation sites (N-methyl/N-ethyl adjacent to an activating group) is 1. The monoisotopic (exact) mass is 163 g/mol. The number of carbonyl (C=O) groups excluding carboxylic acids is 1. The highest BCUT2D eigenvalue weighted by Crippen LogP contribution is 1.79. The molecule has 0 fully saturated rings. The average Bonchev–Trinajstić information content (AvgIpc) is 1.68. The number of halogens is 1. The van der Waals surface area contributed by atoms with Gasteiger partial charge in [-0.15, -0.1) is 0 Å². The molecule has 0 aromatic rings. The molecule has 0 aromatic heterocycles. The normalized spacial score (nSPS) is 9.43. The standard InChI is InChI=1S/C4H6BrNO/c1-6-4(7)2-3-5/h2-3H,1H3,(H,6,7)/b3-2+. The summed E-state index contributed by atoms with van der Waals surface area (Å²) in [5.74, 6) is -0.100. The molecule has 0 aliphatic carbocycles. The number of hydrogen-bond acceptors (Lipinski definition) is 1. The Morgan fingerprint density at radius 2 is 2.43 bits per heavy atom. The molecule has 0 spiro atoms. The lowest BCUT2D eigenvalue weighted by Crippen LogP contribution is -2.13. The van der Waals surface area contributed by atoms with Crippen LogP contribution >= 0.6 is 15.9 Å². The zero-order valence-electron chi connectivity index (χ0n) is 3.94. The van der Waals surface area contributed by atoms with Crippen molar-refractivity contribution in [2.45, 2.75) is 0 Å². The van der Waals surface area contributed by atoms with Crippen LogP contribution in [0.25, 0.3) is 0 Å². The van der Waals surface area contributed by atoms with Gasteiger partial charge >= 0.3 is 0 Å². The van der Waals surface area contributed by atoms with E-state index in [0.717, 1.165) is 0 Å². The topological polar surface area (TPSA) is 29.1 Å². The fraction of sp³-hybridized carbons (Fsp3) is 0.250. The summed E-state index contributed by atoms with van der Waals surface area (Å²) in [6, 6.07) is 0. The van der Waals surface area contributed by atoms with Gasteiger partial charge < -0.3 is 5.32 Å². The molecule has 0 saturated carbocycles. The minimum Gasteiger partial charge on any atom is -0.356 e. The van der Waals surface area contributed by atoms with E-state index in [0.29, 0.717) is 0 Å². The summed E-state index contributed by atoms with van der Waals surface area (Å²) in [5, 5.41) is 2.41. The first-order valence-corrected chi connectivity index (χ1v) is 2.71. The van der Waals surface area contributed by atoms with Crippen molar-refractivity contribution >= 4 is 21.8 Å². The first-order valence-electron chi connectivity index (χ1n) is 1.79. The maximum Gasteiger partial charge on any atom is 0.244 e. The van der Waals surface area contributed by atoms with Gasteiger partial charge in [-0.2, -0.15) is 0 Å². The minimum absolute atomic E-state index is 0.100. The lowest BCUT2D eigenvalue weighted by molar-refractivity contribution is -0.116. The van der Waals surface area contributed by atoms with Crippen LogP contribution in [0.5, 0.6) is 0 Å². The fourth-order valence-electron chi connectivity index (χ4n) is 0.141. The highest BCUT2D eigenvalue weighted by Gasteiger charge is 1.81. The van der Waals surface area contributed by atoms with Crippen molar-refractivity contribution in [3.05, 3.63) is 11.1 Å². The molecule has 0 aliphatic heterocycles. The predicted octanol–water partition coefficient (Wildman–Crippen LogP) is 0.641. The summed E-state index contributed by atoms with van der Waals surface area (Å²) < 4.78 is 0. The van der Waals surface area contributed by atoms with Crippen LogP contribution < -0.4 is 5.32 Å². The van der Waals surface area contributed by atoms with Gasteiger partial charge in [-0.25, -0.2) is 0 Å². The molecule has 1 N–H and O–H groups in total. The molecule has 0 saturated heterocycles.